The van der Waals surface area contributed by atoms with E-state index in [-0.39, 0.29) is 11.3 Å². The van der Waals surface area contributed by atoms with Crippen LogP contribution in [0.15, 0.2) is 29.1 Å². The van der Waals surface area contributed by atoms with Crippen LogP contribution in [0.3, 0.4) is 0 Å². The molecular formula is C12H13N3O3S. The Morgan fingerprint density at radius 2 is 2.21 bits per heavy atom. The molecule has 0 amide bonds. The zero-order valence-electron chi connectivity index (χ0n) is 10.00. The van der Waals surface area contributed by atoms with Crippen LogP contribution in [-0.2, 0) is 10.5 Å². The Bertz CT molecular complexity index is 656. The molecule has 0 saturated heterocycles. The largest absolute Gasteiger partial charge is 0.480 e. The number of carbonyl (C=O) groups is 1. The molecule has 0 unspecified atom stereocenters. The second-order valence-corrected chi connectivity index (χ2v) is 5.02. The number of nitrogens with one attached hydrogen (secondary N) is 1. The average molecular weight is 279 g/mol. The van der Waals surface area contributed by atoms with Crippen molar-refractivity contribution in [1.82, 2.24) is 9.97 Å². The van der Waals surface area contributed by atoms with Gasteiger partial charge < -0.3 is 15.8 Å². The molecular weight excluding hydrogens is 266 g/mol. The van der Waals surface area contributed by atoms with E-state index < -0.39 is 12.0 Å². The minimum atomic E-state index is -1.05. The molecule has 2 rings (SSSR count). The van der Waals surface area contributed by atoms with Gasteiger partial charge in [0.2, 0.25) is 0 Å². The molecule has 0 aliphatic rings. The molecule has 1 aromatic heterocycles. The molecule has 0 saturated carbocycles. The smallest absolute Gasteiger partial charge is 0.321 e. The number of aliphatic carboxylic acids is 1. The molecule has 100 valence electrons. The van der Waals surface area contributed by atoms with Crippen molar-refractivity contribution < 1.29 is 9.90 Å². The first-order chi connectivity index (χ1) is 9.08. The van der Waals surface area contributed by atoms with E-state index in [0.29, 0.717) is 22.5 Å². The second kappa shape index (κ2) is 5.85. The van der Waals surface area contributed by atoms with E-state index >= 15 is 0 Å². The van der Waals surface area contributed by atoms with Crippen molar-refractivity contribution in [2.45, 2.75) is 11.8 Å². The number of aromatic amines is 1. The maximum absolute atomic E-state index is 11.8. The lowest BCUT2D eigenvalue weighted by molar-refractivity contribution is -0.137. The van der Waals surface area contributed by atoms with Gasteiger partial charge in [-0.05, 0) is 12.1 Å². The van der Waals surface area contributed by atoms with Crippen LogP contribution < -0.4 is 11.3 Å². The summed E-state index contributed by atoms with van der Waals surface area (Å²) < 4.78 is 0. The molecule has 0 aliphatic heterocycles. The van der Waals surface area contributed by atoms with E-state index in [1.165, 1.54) is 11.8 Å². The number of aromatic nitrogens is 2. The van der Waals surface area contributed by atoms with E-state index in [1.807, 2.05) is 18.2 Å². The van der Waals surface area contributed by atoms with Gasteiger partial charge in [-0.15, -0.1) is 0 Å². The Morgan fingerprint density at radius 1 is 1.47 bits per heavy atom. The van der Waals surface area contributed by atoms with Gasteiger partial charge in [0.25, 0.3) is 5.56 Å². The quantitative estimate of drug-likeness (QED) is 0.738. The van der Waals surface area contributed by atoms with Crippen LogP contribution in [0.1, 0.15) is 5.69 Å². The first-order valence-electron chi connectivity index (χ1n) is 5.62. The average Bonchev–Trinajstić information content (AvgIpc) is 2.39. The minimum absolute atomic E-state index is 0.239. The van der Waals surface area contributed by atoms with Gasteiger partial charge in [-0.25, -0.2) is 4.98 Å². The minimum Gasteiger partial charge on any atom is -0.480 e. The topological polar surface area (TPSA) is 109 Å². The van der Waals surface area contributed by atoms with Crippen molar-refractivity contribution in [3.63, 3.8) is 0 Å². The number of fused-ring (bicyclic) bond motifs is 1. The normalized spacial score (nSPS) is 12.5. The van der Waals surface area contributed by atoms with Gasteiger partial charge in [0.05, 0.1) is 11.0 Å². The Hall–Kier alpha value is -1.86. The summed E-state index contributed by atoms with van der Waals surface area (Å²) in [5, 5.41) is 8.65. The number of benzene rings is 1. The molecule has 0 radical (unpaired) electrons. The fraction of sp³-hybridized carbons (Fsp3) is 0.250. The lowest BCUT2D eigenvalue weighted by Gasteiger charge is -2.05. The highest BCUT2D eigenvalue weighted by Gasteiger charge is 2.12. The van der Waals surface area contributed by atoms with E-state index in [9.17, 15) is 9.59 Å². The predicted octanol–water partition coefficient (Wildman–Crippen LogP) is 0.568. The Kier molecular flexibility index (Phi) is 4.18. The third-order valence-corrected chi connectivity index (χ3v) is 3.60. The highest BCUT2D eigenvalue weighted by atomic mass is 32.2. The summed E-state index contributed by atoms with van der Waals surface area (Å²) in [5.74, 6) is -0.474. The number of H-pyrrole nitrogens is 1. The molecule has 0 bridgehead atoms. The molecule has 4 N–H and O–H groups in total. The molecule has 1 aromatic carbocycles. The highest BCUT2D eigenvalue weighted by molar-refractivity contribution is 7.98. The summed E-state index contributed by atoms with van der Waals surface area (Å²) in [6.45, 7) is 0. The molecule has 0 fully saturated rings. The van der Waals surface area contributed by atoms with Crippen LogP contribution in [0, 0.1) is 0 Å². The van der Waals surface area contributed by atoms with Gasteiger partial charge >= 0.3 is 5.97 Å². The third-order valence-electron chi connectivity index (χ3n) is 2.52. The van der Waals surface area contributed by atoms with Gasteiger partial charge in [-0.3, -0.25) is 9.59 Å². The van der Waals surface area contributed by atoms with Crippen molar-refractivity contribution >= 4 is 28.8 Å². The molecule has 0 aliphatic carbocycles. The monoisotopic (exact) mass is 279 g/mol. The third kappa shape index (κ3) is 3.33. The summed E-state index contributed by atoms with van der Waals surface area (Å²) >= 11 is 1.28. The van der Waals surface area contributed by atoms with Gasteiger partial charge in [0.1, 0.15) is 11.7 Å². The van der Waals surface area contributed by atoms with Gasteiger partial charge in [-0.1, -0.05) is 12.1 Å². The van der Waals surface area contributed by atoms with Crippen molar-refractivity contribution in [3.8, 4) is 0 Å². The maximum Gasteiger partial charge on any atom is 0.321 e. The van der Waals surface area contributed by atoms with Crippen molar-refractivity contribution in [1.29, 1.82) is 0 Å². The zero-order chi connectivity index (χ0) is 13.8. The van der Waals surface area contributed by atoms with E-state index in [0.717, 1.165) is 0 Å². The van der Waals surface area contributed by atoms with Crippen LogP contribution >= 0.6 is 11.8 Å². The van der Waals surface area contributed by atoms with Crippen molar-refractivity contribution in [2.24, 2.45) is 5.73 Å². The van der Waals surface area contributed by atoms with Crippen molar-refractivity contribution in [3.05, 3.63) is 40.3 Å². The van der Waals surface area contributed by atoms with E-state index in [1.54, 1.807) is 6.07 Å². The zero-order valence-corrected chi connectivity index (χ0v) is 10.8. The Morgan fingerprint density at radius 3 is 2.95 bits per heavy atom. The van der Waals surface area contributed by atoms with Crippen LogP contribution in [0.5, 0.6) is 0 Å². The fourth-order valence-corrected chi connectivity index (χ4v) is 2.42. The number of nitrogens with two attached hydrogens (primary N) is 1. The fourth-order valence-electron chi connectivity index (χ4n) is 1.52. The van der Waals surface area contributed by atoms with Crippen LogP contribution in [-0.4, -0.2) is 32.8 Å². The number of hydrogen-bond donors (Lipinski definition) is 3. The van der Waals surface area contributed by atoms with Gasteiger partial charge in [0.15, 0.2) is 0 Å². The second-order valence-electron chi connectivity index (χ2n) is 3.99. The first-order valence-corrected chi connectivity index (χ1v) is 6.77. The number of thioether (sulfide) groups is 1. The van der Waals surface area contributed by atoms with E-state index in [4.69, 9.17) is 10.8 Å². The first kappa shape index (κ1) is 13.6. The maximum atomic E-state index is 11.8. The summed E-state index contributed by atoms with van der Waals surface area (Å²) in [7, 11) is 0. The molecule has 6 nitrogen and oxygen atoms in total. The summed E-state index contributed by atoms with van der Waals surface area (Å²) in [6, 6.07) is 6.32. The lowest BCUT2D eigenvalue weighted by atomic mass is 10.3. The molecule has 1 heterocycles. The number of carboxylic acid groups (broad SMARTS) is 1. The number of carboxylic acids is 1. The molecule has 1 atom stereocenters. The lowest BCUT2D eigenvalue weighted by Crippen LogP contribution is -2.32. The highest BCUT2D eigenvalue weighted by Crippen LogP contribution is 2.11. The van der Waals surface area contributed by atoms with Crippen LogP contribution in [0.25, 0.3) is 11.0 Å². The number of hydrogen-bond acceptors (Lipinski definition) is 5. The SMILES string of the molecule is N[C@@H](CSCc1nc2ccccc2[nH]c1=O)C(=O)O. The molecule has 2 aromatic rings. The summed E-state index contributed by atoms with van der Waals surface area (Å²) in [6.07, 6.45) is 0. The number of nitrogens with zero attached hydrogens (tertiary/aromatic N) is 1. The van der Waals surface area contributed by atoms with Gasteiger partial charge in [0, 0.05) is 11.5 Å². The molecule has 7 heteroatoms. The predicted molar refractivity (Wildman–Crippen MR) is 74.1 cm³/mol. The summed E-state index contributed by atoms with van der Waals surface area (Å²) in [5.41, 5.74) is 6.90. The molecule has 19 heavy (non-hydrogen) atoms. The molecule has 0 spiro atoms. The van der Waals surface area contributed by atoms with Gasteiger partial charge in [-0.2, -0.15) is 11.8 Å². The van der Waals surface area contributed by atoms with Crippen LogP contribution in [0.4, 0.5) is 0 Å². The number of rotatable bonds is 5. The van der Waals surface area contributed by atoms with E-state index in [2.05, 4.69) is 9.97 Å². The number of para-hydroxylation sites is 2. The Labute approximate surface area is 113 Å². The van der Waals surface area contributed by atoms with Crippen LogP contribution in [0.2, 0.25) is 0 Å². The Balaban J connectivity index is 2.10. The summed E-state index contributed by atoms with van der Waals surface area (Å²) in [4.78, 5) is 29.3. The standard InChI is InChI=1S/C12H13N3O3S/c13-7(12(17)18)5-19-6-10-11(16)15-9-4-2-1-3-8(9)14-10/h1-4,7H,5-6,13H2,(H,15,16)(H,17,18)/t7-/m0/s1. The van der Waals surface area contributed by atoms with Crippen molar-refractivity contribution in [2.75, 3.05) is 5.75 Å².